The van der Waals surface area contributed by atoms with Gasteiger partial charge >= 0.3 is 0 Å². The molecule has 0 aromatic carbocycles. The van der Waals surface area contributed by atoms with Crippen molar-refractivity contribution in [3.8, 4) is 0 Å². The first-order chi connectivity index (χ1) is 8.15. The van der Waals surface area contributed by atoms with Gasteiger partial charge in [-0.15, -0.1) is 0 Å². The molecular formula is C12H18N4O. The fraction of sp³-hybridized carbons (Fsp3) is 0.500. The molecule has 0 amide bonds. The zero-order chi connectivity index (χ0) is 12.4. The Hall–Kier alpha value is -1.62. The summed E-state index contributed by atoms with van der Waals surface area (Å²) in [7, 11) is 1.87. The van der Waals surface area contributed by atoms with Gasteiger partial charge in [0.1, 0.15) is 11.9 Å². The Morgan fingerprint density at radius 2 is 2.24 bits per heavy atom. The Bertz CT molecular complexity index is 500. The van der Waals surface area contributed by atoms with Crippen LogP contribution in [0.3, 0.4) is 0 Å². The number of hydrogen-bond acceptors (Lipinski definition) is 3. The number of aryl methyl sites for hydroxylation is 2. The van der Waals surface area contributed by atoms with E-state index in [0.717, 1.165) is 24.2 Å². The number of aliphatic hydroxyl groups is 1. The van der Waals surface area contributed by atoms with Crippen molar-refractivity contribution in [3.05, 3.63) is 35.7 Å². The van der Waals surface area contributed by atoms with Crippen LogP contribution in [0.1, 0.15) is 36.5 Å². The van der Waals surface area contributed by atoms with Gasteiger partial charge in [0.15, 0.2) is 0 Å². The molecule has 2 rings (SSSR count). The second-order valence-electron chi connectivity index (χ2n) is 4.19. The van der Waals surface area contributed by atoms with Gasteiger partial charge in [-0.25, -0.2) is 4.98 Å². The maximum absolute atomic E-state index is 10.3. The first-order valence-corrected chi connectivity index (χ1v) is 5.82. The molecular weight excluding hydrogens is 216 g/mol. The molecule has 1 N–H and O–H groups in total. The van der Waals surface area contributed by atoms with Crippen LogP contribution in [0.15, 0.2) is 18.6 Å². The Balaban J connectivity index is 2.33. The van der Waals surface area contributed by atoms with Crippen LogP contribution < -0.4 is 0 Å². The van der Waals surface area contributed by atoms with E-state index in [0.29, 0.717) is 5.82 Å². The minimum atomic E-state index is -0.703. The second-order valence-corrected chi connectivity index (χ2v) is 4.19. The van der Waals surface area contributed by atoms with Crippen LogP contribution in [0.2, 0.25) is 0 Å². The number of hydrogen-bond donors (Lipinski definition) is 1. The predicted molar refractivity (Wildman–Crippen MR) is 64.5 cm³/mol. The van der Waals surface area contributed by atoms with Gasteiger partial charge in [-0.2, -0.15) is 5.10 Å². The lowest BCUT2D eigenvalue weighted by molar-refractivity contribution is 0.203. The summed E-state index contributed by atoms with van der Waals surface area (Å²) in [6.45, 7) is 4.91. The van der Waals surface area contributed by atoms with Crippen LogP contribution in [0.4, 0.5) is 0 Å². The minimum Gasteiger partial charge on any atom is -0.380 e. The lowest BCUT2D eigenvalue weighted by Crippen LogP contribution is -2.10. The Labute approximate surface area is 101 Å². The topological polar surface area (TPSA) is 55.9 Å². The van der Waals surface area contributed by atoms with Crippen LogP contribution in [0.25, 0.3) is 0 Å². The molecule has 0 bridgehead atoms. The number of rotatable bonds is 4. The molecule has 2 aromatic rings. The minimum absolute atomic E-state index is 0.683. The SMILES string of the molecule is CCCn1ccnc1C(O)c1cnn(C)c1C. The van der Waals surface area contributed by atoms with Crippen molar-refractivity contribution in [1.82, 2.24) is 19.3 Å². The molecule has 0 radical (unpaired) electrons. The van der Waals surface area contributed by atoms with E-state index < -0.39 is 6.10 Å². The summed E-state index contributed by atoms with van der Waals surface area (Å²) in [6.07, 6.45) is 5.63. The van der Waals surface area contributed by atoms with Gasteiger partial charge in [0, 0.05) is 37.2 Å². The third-order valence-electron chi connectivity index (χ3n) is 3.02. The highest BCUT2D eigenvalue weighted by Gasteiger charge is 2.20. The largest absolute Gasteiger partial charge is 0.380 e. The van der Waals surface area contributed by atoms with Crippen molar-refractivity contribution >= 4 is 0 Å². The molecule has 2 heterocycles. The molecule has 2 aromatic heterocycles. The van der Waals surface area contributed by atoms with E-state index >= 15 is 0 Å². The molecule has 5 heteroatoms. The number of aliphatic hydroxyl groups excluding tert-OH is 1. The molecule has 92 valence electrons. The van der Waals surface area contributed by atoms with Crippen LogP contribution in [0, 0.1) is 6.92 Å². The summed E-state index contributed by atoms with van der Waals surface area (Å²) in [6, 6.07) is 0. The smallest absolute Gasteiger partial charge is 0.142 e. The van der Waals surface area contributed by atoms with Gasteiger partial charge < -0.3 is 9.67 Å². The molecule has 0 spiro atoms. The van der Waals surface area contributed by atoms with Gasteiger partial charge in [0.25, 0.3) is 0 Å². The molecule has 17 heavy (non-hydrogen) atoms. The normalized spacial score (nSPS) is 12.9. The van der Waals surface area contributed by atoms with Gasteiger partial charge in [0.05, 0.1) is 6.20 Å². The summed E-state index contributed by atoms with van der Waals surface area (Å²) in [5.41, 5.74) is 1.78. The summed E-state index contributed by atoms with van der Waals surface area (Å²) in [5, 5.41) is 14.5. The maximum atomic E-state index is 10.3. The summed E-state index contributed by atoms with van der Waals surface area (Å²) in [5.74, 6) is 0.683. The average Bonchev–Trinajstić information content (AvgIpc) is 2.88. The summed E-state index contributed by atoms with van der Waals surface area (Å²) >= 11 is 0. The second kappa shape index (κ2) is 4.71. The molecule has 5 nitrogen and oxygen atoms in total. The van der Waals surface area contributed by atoms with E-state index in [1.165, 1.54) is 0 Å². The van der Waals surface area contributed by atoms with Crippen LogP contribution in [0.5, 0.6) is 0 Å². The van der Waals surface area contributed by atoms with Crippen molar-refractivity contribution < 1.29 is 5.11 Å². The average molecular weight is 234 g/mol. The summed E-state index contributed by atoms with van der Waals surface area (Å²) in [4.78, 5) is 4.24. The summed E-state index contributed by atoms with van der Waals surface area (Å²) < 4.78 is 3.74. The number of nitrogens with zero attached hydrogens (tertiary/aromatic N) is 4. The van der Waals surface area contributed by atoms with Crippen LogP contribution in [-0.2, 0) is 13.6 Å². The molecule has 0 fully saturated rings. The van der Waals surface area contributed by atoms with Crippen molar-refractivity contribution in [2.45, 2.75) is 32.9 Å². The molecule has 0 aliphatic carbocycles. The van der Waals surface area contributed by atoms with Crippen molar-refractivity contribution in [2.75, 3.05) is 0 Å². The third-order valence-corrected chi connectivity index (χ3v) is 3.02. The molecule has 1 atom stereocenters. The molecule has 1 unspecified atom stereocenters. The van der Waals surface area contributed by atoms with Crippen molar-refractivity contribution in [1.29, 1.82) is 0 Å². The fourth-order valence-electron chi connectivity index (χ4n) is 1.92. The van der Waals surface area contributed by atoms with Crippen LogP contribution >= 0.6 is 0 Å². The third kappa shape index (κ3) is 2.10. The van der Waals surface area contributed by atoms with E-state index in [4.69, 9.17) is 0 Å². The fourth-order valence-corrected chi connectivity index (χ4v) is 1.92. The molecule has 0 saturated heterocycles. The first kappa shape index (κ1) is 11.9. The van der Waals surface area contributed by atoms with Crippen molar-refractivity contribution in [2.24, 2.45) is 7.05 Å². The zero-order valence-electron chi connectivity index (χ0n) is 10.5. The maximum Gasteiger partial charge on any atom is 0.142 e. The van der Waals surface area contributed by atoms with Gasteiger partial charge in [-0.1, -0.05) is 6.92 Å². The van der Waals surface area contributed by atoms with Gasteiger partial charge in [0.2, 0.25) is 0 Å². The molecule has 0 aliphatic rings. The quantitative estimate of drug-likeness (QED) is 0.870. The van der Waals surface area contributed by atoms with E-state index in [1.54, 1.807) is 17.1 Å². The first-order valence-electron chi connectivity index (χ1n) is 5.82. The zero-order valence-corrected chi connectivity index (χ0v) is 10.5. The van der Waals surface area contributed by atoms with Gasteiger partial charge in [-0.05, 0) is 13.3 Å². The highest BCUT2D eigenvalue weighted by Crippen LogP contribution is 2.23. The Kier molecular flexibility index (Phi) is 3.28. The highest BCUT2D eigenvalue weighted by atomic mass is 16.3. The van der Waals surface area contributed by atoms with Crippen molar-refractivity contribution in [3.63, 3.8) is 0 Å². The monoisotopic (exact) mass is 234 g/mol. The van der Waals surface area contributed by atoms with E-state index in [-0.39, 0.29) is 0 Å². The van der Waals surface area contributed by atoms with E-state index in [1.807, 2.05) is 24.7 Å². The molecule has 0 saturated carbocycles. The Morgan fingerprint density at radius 3 is 2.82 bits per heavy atom. The van der Waals surface area contributed by atoms with E-state index in [9.17, 15) is 5.11 Å². The Morgan fingerprint density at radius 1 is 1.47 bits per heavy atom. The van der Waals surface area contributed by atoms with Crippen LogP contribution in [-0.4, -0.2) is 24.4 Å². The number of aromatic nitrogens is 4. The van der Waals surface area contributed by atoms with E-state index in [2.05, 4.69) is 17.0 Å². The number of imidazole rings is 1. The van der Waals surface area contributed by atoms with Gasteiger partial charge in [-0.3, -0.25) is 4.68 Å². The standard InChI is InChI=1S/C12H18N4O/c1-4-6-16-7-5-13-12(16)11(17)10-8-14-15(3)9(10)2/h5,7-8,11,17H,4,6H2,1-3H3. The lowest BCUT2D eigenvalue weighted by atomic mass is 10.1. The highest BCUT2D eigenvalue weighted by molar-refractivity contribution is 5.24. The lowest BCUT2D eigenvalue weighted by Gasteiger charge is -2.12. The predicted octanol–water partition coefficient (Wildman–Crippen LogP) is 1.42. The molecule has 0 aliphatic heterocycles.